The number of hydrogen-bond donors (Lipinski definition) is 2. The second-order valence-corrected chi connectivity index (χ2v) is 8.80. The van der Waals surface area contributed by atoms with Crippen LogP contribution in [0.3, 0.4) is 0 Å². The summed E-state index contributed by atoms with van der Waals surface area (Å²) in [4.78, 5) is 13.8. The van der Waals surface area contributed by atoms with Gasteiger partial charge in [-0.1, -0.05) is 36.7 Å². The topological polar surface area (TPSA) is 33.5 Å². The Morgan fingerprint density at radius 3 is 2.64 bits per heavy atom. The highest BCUT2D eigenvalue weighted by Gasteiger charge is 2.57. The fourth-order valence-corrected chi connectivity index (χ4v) is 4.68. The fraction of sp³-hybridized carbons (Fsp3) is 0.611. The molecule has 1 saturated heterocycles. The van der Waals surface area contributed by atoms with Gasteiger partial charge in [0.25, 0.3) is 5.91 Å². The van der Waals surface area contributed by atoms with Crippen LogP contribution in [0.5, 0.6) is 0 Å². The van der Waals surface area contributed by atoms with Crippen molar-refractivity contribution in [2.45, 2.75) is 33.6 Å². The second kappa shape index (κ2) is 5.64. The van der Waals surface area contributed by atoms with Crippen molar-refractivity contribution in [2.24, 2.45) is 16.7 Å². The third-order valence-electron chi connectivity index (χ3n) is 6.33. The molecule has 3 atom stereocenters. The van der Waals surface area contributed by atoms with E-state index in [9.17, 15) is 4.79 Å². The van der Waals surface area contributed by atoms with Crippen LogP contribution in [-0.4, -0.2) is 25.5 Å². The van der Waals surface area contributed by atoms with Gasteiger partial charge in [-0.3, -0.25) is 4.79 Å². The van der Waals surface area contributed by atoms with Crippen molar-refractivity contribution in [3.05, 3.63) is 28.7 Å². The third kappa shape index (κ3) is 2.83. The first-order valence-electron chi connectivity index (χ1n) is 8.19. The van der Waals surface area contributed by atoms with Crippen molar-refractivity contribution in [3.63, 3.8) is 0 Å². The van der Waals surface area contributed by atoms with E-state index in [0.29, 0.717) is 17.4 Å². The molecule has 1 aromatic rings. The predicted octanol–water partition coefficient (Wildman–Crippen LogP) is 2.73. The molecule has 120 valence electrons. The van der Waals surface area contributed by atoms with Gasteiger partial charge in [-0.25, -0.2) is 0 Å². The molecule has 2 aliphatic rings. The lowest BCUT2D eigenvalue weighted by atomic mass is 9.63. The maximum atomic E-state index is 12.3. The van der Waals surface area contributed by atoms with Crippen molar-refractivity contribution in [1.82, 2.24) is 0 Å². The normalized spacial score (nSPS) is 32.7. The Bertz CT molecular complexity index is 569. The number of likely N-dealkylation sites (tertiary alicyclic amines) is 1. The summed E-state index contributed by atoms with van der Waals surface area (Å²) in [6, 6.07) is 7.77. The Kier molecular flexibility index (Phi) is 4.11. The molecule has 3 nitrogen and oxygen atoms in total. The molecular formula is C18H26BrN2O+. The number of quaternary nitrogens is 1. The zero-order chi connectivity index (χ0) is 16.0. The van der Waals surface area contributed by atoms with Crippen LogP contribution in [0.2, 0.25) is 0 Å². The second-order valence-electron chi connectivity index (χ2n) is 7.88. The van der Waals surface area contributed by atoms with Gasteiger partial charge in [0.05, 0.1) is 13.1 Å². The molecule has 1 unspecified atom stereocenters. The number of halogens is 1. The fourth-order valence-electron chi connectivity index (χ4n) is 4.41. The predicted molar refractivity (Wildman–Crippen MR) is 92.9 cm³/mol. The first-order valence-corrected chi connectivity index (χ1v) is 8.98. The van der Waals surface area contributed by atoms with Gasteiger partial charge < -0.3 is 10.2 Å². The third-order valence-corrected chi connectivity index (χ3v) is 6.86. The zero-order valence-corrected chi connectivity index (χ0v) is 15.3. The van der Waals surface area contributed by atoms with Crippen LogP contribution in [0, 0.1) is 16.7 Å². The van der Waals surface area contributed by atoms with E-state index in [1.807, 2.05) is 24.3 Å². The molecule has 4 heteroatoms. The van der Waals surface area contributed by atoms with E-state index >= 15 is 0 Å². The van der Waals surface area contributed by atoms with Crippen LogP contribution in [0.25, 0.3) is 0 Å². The lowest BCUT2D eigenvalue weighted by Gasteiger charge is -2.47. The number of carbonyl (C=O) groups excluding carboxylic acids is 1. The van der Waals surface area contributed by atoms with Gasteiger partial charge in [-0.15, -0.1) is 0 Å². The molecule has 22 heavy (non-hydrogen) atoms. The van der Waals surface area contributed by atoms with Gasteiger partial charge in [0.15, 0.2) is 6.54 Å². The number of rotatable bonds is 3. The summed E-state index contributed by atoms with van der Waals surface area (Å²) in [5.74, 6) is 0.877. The van der Waals surface area contributed by atoms with Crippen LogP contribution < -0.4 is 10.2 Å². The molecule has 2 bridgehead atoms. The van der Waals surface area contributed by atoms with E-state index in [0.717, 1.165) is 29.2 Å². The maximum absolute atomic E-state index is 12.3. The van der Waals surface area contributed by atoms with Crippen molar-refractivity contribution in [1.29, 1.82) is 0 Å². The Hall–Kier alpha value is -0.870. The molecule has 1 amide bonds. The largest absolute Gasteiger partial charge is 0.326 e. The summed E-state index contributed by atoms with van der Waals surface area (Å²) in [6.07, 6.45) is 2.63. The van der Waals surface area contributed by atoms with E-state index in [1.54, 1.807) is 0 Å². The van der Waals surface area contributed by atoms with E-state index in [1.165, 1.54) is 17.7 Å². The summed E-state index contributed by atoms with van der Waals surface area (Å²) in [6.45, 7) is 10.1. The Labute approximate surface area is 141 Å². The number of carbonyl (C=O) groups is 1. The van der Waals surface area contributed by atoms with Gasteiger partial charge in [-0.05, 0) is 42.5 Å². The number of piperidine rings is 1. The highest BCUT2D eigenvalue weighted by atomic mass is 79.9. The van der Waals surface area contributed by atoms with Crippen LogP contribution in [0.1, 0.15) is 33.6 Å². The number of anilines is 1. The molecule has 1 heterocycles. The van der Waals surface area contributed by atoms with Crippen LogP contribution >= 0.6 is 15.9 Å². The highest BCUT2D eigenvalue weighted by molar-refractivity contribution is 9.10. The van der Waals surface area contributed by atoms with Crippen molar-refractivity contribution >= 4 is 27.5 Å². The molecule has 1 saturated carbocycles. The first-order chi connectivity index (χ1) is 10.3. The van der Waals surface area contributed by atoms with E-state index in [4.69, 9.17) is 0 Å². The quantitative estimate of drug-likeness (QED) is 0.848. The molecule has 1 aliphatic carbocycles. The Morgan fingerprint density at radius 2 is 2.00 bits per heavy atom. The zero-order valence-electron chi connectivity index (χ0n) is 13.7. The molecule has 0 aromatic heterocycles. The molecule has 0 radical (unpaired) electrons. The minimum absolute atomic E-state index is 0.125. The Morgan fingerprint density at radius 1 is 1.32 bits per heavy atom. The number of hydrogen-bond acceptors (Lipinski definition) is 1. The molecule has 1 aliphatic heterocycles. The van der Waals surface area contributed by atoms with Crippen LogP contribution in [0.4, 0.5) is 5.69 Å². The van der Waals surface area contributed by atoms with Gasteiger partial charge in [0.1, 0.15) is 0 Å². The smallest absolute Gasteiger partial charge is 0.279 e. The summed E-state index contributed by atoms with van der Waals surface area (Å²) < 4.78 is 1.03. The molecule has 0 spiro atoms. The average Bonchev–Trinajstić information content (AvgIpc) is 2.59. The van der Waals surface area contributed by atoms with E-state index < -0.39 is 0 Å². The molecule has 2 N–H and O–H groups in total. The first kappa shape index (κ1) is 16.0. The number of fused-ring (bicyclic) bond motifs is 2. The summed E-state index contributed by atoms with van der Waals surface area (Å²) in [5, 5.41) is 3.02. The summed E-state index contributed by atoms with van der Waals surface area (Å²) in [5.41, 5.74) is 1.67. The van der Waals surface area contributed by atoms with Crippen LogP contribution in [-0.2, 0) is 4.79 Å². The van der Waals surface area contributed by atoms with Crippen LogP contribution in [0.15, 0.2) is 28.7 Å². The number of nitrogens with one attached hydrogen (secondary N) is 2. The highest BCUT2D eigenvalue weighted by Crippen LogP contribution is 2.56. The maximum Gasteiger partial charge on any atom is 0.279 e. The molecule has 2 fully saturated rings. The average molecular weight is 366 g/mol. The number of benzene rings is 1. The van der Waals surface area contributed by atoms with Gasteiger partial charge in [-0.2, -0.15) is 0 Å². The van der Waals surface area contributed by atoms with Gasteiger partial charge >= 0.3 is 0 Å². The lowest BCUT2D eigenvalue weighted by molar-refractivity contribution is -0.910. The number of amides is 1. The lowest BCUT2D eigenvalue weighted by Crippen LogP contribution is -3.16. The summed E-state index contributed by atoms with van der Waals surface area (Å²) >= 11 is 3.41. The Balaban J connectivity index is 1.60. The standard InChI is InChI=1S/C18H25BrN2O/c1-17(2)13-8-9-18(17,3)12-21(10-13)11-16(22)20-15-6-4-14(19)5-7-15/h4-7,13H,8-12H2,1-3H3,(H,20,22)/p+1/t13-,18+/m1/s1. The van der Waals surface area contributed by atoms with Crippen molar-refractivity contribution in [2.75, 3.05) is 25.0 Å². The monoisotopic (exact) mass is 365 g/mol. The SMILES string of the molecule is CC1(C)[C@@H]2CC[C@@]1(C)C[NH+](CC(=O)Nc1ccc(Br)cc1)C2. The van der Waals surface area contributed by atoms with E-state index in [2.05, 4.69) is 42.0 Å². The molecule has 3 rings (SSSR count). The van der Waals surface area contributed by atoms with Crippen molar-refractivity contribution < 1.29 is 9.69 Å². The van der Waals surface area contributed by atoms with E-state index in [-0.39, 0.29) is 5.91 Å². The van der Waals surface area contributed by atoms with Gasteiger partial charge in [0, 0.05) is 21.5 Å². The molecule has 1 aromatic carbocycles. The molecular weight excluding hydrogens is 340 g/mol. The minimum Gasteiger partial charge on any atom is -0.326 e. The van der Waals surface area contributed by atoms with Gasteiger partial charge in [0.2, 0.25) is 0 Å². The minimum atomic E-state index is 0.125. The van der Waals surface area contributed by atoms with Crippen molar-refractivity contribution in [3.8, 4) is 0 Å². The summed E-state index contributed by atoms with van der Waals surface area (Å²) in [7, 11) is 0.